The lowest BCUT2D eigenvalue weighted by molar-refractivity contribution is 0.0667. The topological polar surface area (TPSA) is 40.5 Å². The average Bonchev–Trinajstić information content (AvgIpc) is 2.33. The quantitative estimate of drug-likeness (QED) is 0.814. The van der Waals surface area contributed by atoms with Crippen LogP contribution >= 0.6 is 0 Å². The van der Waals surface area contributed by atoms with Crippen LogP contribution in [0.15, 0.2) is 18.2 Å². The van der Waals surface area contributed by atoms with Crippen LogP contribution in [-0.4, -0.2) is 35.2 Å². The summed E-state index contributed by atoms with van der Waals surface area (Å²) < 4.78 is 13.0. The highest BCUT2D eigenvalue weighted by atomic mass is 19.1. The van der Waals surface area contributed by atoms with Gasteiger partial charge < -0.3 is 10.0 Å². The van der Waals surface area contributed by atoms with Gasteiger partial charge in [0, 0.05) is 18.7 Å². The maximum atomic E-state index is 13.0. The molecule has 0 unspecified atom stereocenters. The van der Waals surface area contributed by atoms with Crippen molar-refractivity contribution in [2.24, 2.45) is 0 Å². The second-order valence-electron chi connectivity index (χ2n) is 4.47. The van der Waals surface area contributed by atoms with E-state index in [9.17, 15) is 14.3 Å². The summed E-state index contributed by atoms with van der Waals surface area (Å²) in [7, 11) is 0. The van der Waals surface area contributed by atoms with Crippen molar-refractivity contribution in [1.82, 2.24) is 4.90 Å². The van der Waals surface area contributed by atoms with E-state index in [1.807, 2.05) is 0 Å². The van der Waals surface area contributed by atoms with E-state index in [2.05, 4.69) is 0 Å². The number of aryl methyl sites for hydroxylation is 1. The van der Waals surface area contributed by atoms with Gasteiger partial charge in [-0.15, -0.1) is 0 Å². The van der Waals surface area contributed by atoms with Crippen molar-refractivity contribution in [3.8, 4) is 5.75 Å². The van der Waals surface area contributed by atoms with Crippen molar-refractivity contribution in [3.63, 3.8) is 0 Å². The lowest BCUT2D eigenvalue weighted by Gasteiger charge is -2.28. The summed E-state index contributed by atoms with van der Waals surface area (Å²) in [4.78, 5) is 13.8. The zero-order valence-electron chi connectivity index (χ0n) is 9.82. The van der Waals surface area contributed by atoms with Gasteiger partial charge in [0.15, 0.2) is 0 Å². The third kappa shape index (κ3) is 2.57. The molecule has 0 atom stereocenters. The second kappa shape index (κ2) is 4.73. The highest BCUT2D eigenvalue weighted by Gasteiger charge is 2.23. The summed E-state index contributed by atoms with van der Waals surface area (Å²) in [5.41, 5.74) is 1.23. The predicted octanol–water partition coefficient (Wildman–Crippen LogP) is 2.27. The molecule has 0 aliphatic carbocycles. The molecular weight excluding hydrogens is 221 g/mol. The molecule has 1 aromatic rings. The fraction of sp³-hybridized carbons (Fsp3) is 0.462. The van der Waals surface area contributed by atoms with Gasteiger partial charge in [0.25, 0.3) is 5.91 Å². The van der Waals surface area contributed by atoms with Crippen molar-refractivity contribution in [2.45, 2.75) is 25.9 Å². The molecule has 1 heterocycles. The summed E-state index contributed by atoms with van der Waals surface area (Å²) >= 11 is 0. The van der Waals surface area contributed by atoms with Gasteiger partial charge in [0.2, 0.25) is 0 Å². The van der Waals surface area contributed by atoms with E-state index in [0.29, 0.717) is 37.1 Å². The van der Waals surface area contributed by atoms with Gasteiger partial charge in [0.05, 0.1) is 0 Å². The van der Waals surface area contributed by atoms with Crippen molar-refractivity contribution in [2.75, 3.05) is 13.1 Å². The van der Waals surface area contributed by atoms with E-state index in [-0.39, 0.29) is 11.7 Å². The molecular formula is C13H16FNO2. The number of amides is 1. The predicted molar refractivity (Wildman–Crippen MR) is 62.9 cm³/mol. The van der Waals surface area contributed by atoms with Crippen LogP contribution in [0.4, 0.5) is 4.39 Å². The molecule has 17 heavy (non-hydrogen) atoms. The first-order valence-electron chi connectivity index (χ1n) is 5.81. The van der Waals surface area contributed by atoms with Gasteiger partial charge in [-0.25, -0.2) is 4.39 Å². The summed E-state index contributed by atoms with van der Waals surface area (Å²) in [6.45, 7) is 2.69. The number of alkyl halides is 1. The van der Waals surface area contributed by atoms with Crippen molar-refractivity contribution in [3.05, 3.63) is 29.3 Å². The Hall–Kier alpha value is -1.58. The number of carbonyl (C=O) groups is 1. The van der Waals surface area contributed by atoms with Gasteiger partial charge >= 0.3 is 0 Å². The molecule has 3 nitrogen and oxygen atoms in total. The molecule has 0 spiro atoms. The lowest BCUT2D eigenvalue weighted by Crippen LogP contribution is -2.39. The minimum absolute atomic E-state index is 0.0833. The maximum Gasteiger partial charge on any atom is 0.253 e. The van der Waals surface area contributed by atoms with Gasteiger partial charge in [-0.05, 0) is 43.5 Å². The molecule has 0 aromatic heterocycles. The van der Waals surface area contributed by atoms with E-state index in [0.717, 1.165) is 0 Å². The maximum absolute atomic E-state index is 13.0. The number of nitrogens with zero attached hydrogens (tertiary/aromatic N) is 1. The Balaban J connectivity index is 2.11. The number of piperidine rings is 1. The van der Waals surface area contributed by atoms with Gasteiger partial charge in [-0.2, -0.15) is 0 Å². The van der Waals surface area contributed by atoms with E-state index >= 15 is 0 Å². The van der Waals surface area contributed by atoms with Crippen molar-refractivity contribution in [1.29, 1.82) is 0 Å². The molecule has 1 fully saturated rings. The van der Waals surface area contributed by atoms with E-state index in [1.165, 1.54) is 6.07 Å². The monoisotopic (exact) mass is 237 g/mol. The number of rotatable bonds is 1. The number of phenolic OH excluding ortho intramolecular Hbond substituents is 1. The van der Waals surface area contributed by atoms with Crippen LogP contribution in [0, 0.1) is 6.92 Å². The standard InChI is InChI=1S/C13H16FNO2/c1-9-8-10(2-3-12(9)16)13(17)15-6-4-11(14)5-7-15/h2-3,8,11,16H,4-7H2,1H3. The molecule has 2 rings (SSSR count). The summed E-state index contributed by atoms with van der Waals surface area (Å²) in [5.74, 6) is 0.101. The molecule has 4 heteroatoms. The largest absolute Gasteiger partial charge is 0.508 e. The van der Waals surface area contributed by atoms with Crippen LogP contribution < -0.4 is 0 Å². The number of phenols is 1. The van der Waals surface area contributed by atoms with Crippen LogP contribution in [0.3, 0.4) is 0 Å². The molecule has 0 saturated carbocycles. The number of hydrogen-bond acceptors (Lipinski definition) is 2. The van der Waals surface area contributed by atoms with Gasteiger partial charge in [-0.1, -0.05) is 0 Å². The van der Waals surface area contributed by atoms with E-state index < -0.39 is 6.17 Å². The molecule has 92 valence electrons. The first-order valence-corrected chi connectivity index (χ1v) is 5.81. The molecule has 1 N–H and O–H groups in total. The van der Waals surface area contributed by atoms with Crippen LogP contribution in [0.1, 0.15) is 28.8 Å². The van der Waals surface area contributed by atoms with Crippen LogP contribution in [0.25, 0.3) is 0 Å². The number of halogens is 1. The number of aromatic hydroxyl groups is 1. The first-order chi connectivity index (χ1) is 8.08. The fourth-order valence-corrected chi connectivity index (χ4v) is 2.02. The fourth-order valence-electron chi connectivity index (χ4n) is 2.02. The minimum atomic E-state index is -0.777. The molecule has 1 saturated heterocycles. The number of carbonyl (C=O) groups excluding carboxylic acids is 1. The summed E-state index contributed by atoms with van der Waals surface area (Å²) in [5, 5.41) is 9.40. The average molecular weight is 237 g/mol. The van der Waals surface area contributed by atoms with Gasteiger partial charge in [0.1, 0.15) is 11.9 Å². The first kappa shape index (κ1) is 11.9. The second-order valence-corrected chi connectivity index (χ2v) is 4.47. The normalized spacial score (nSPS) is 17.2. The van der Waals surface area contributed by atoms with Gasteiger partial charge in [-0.3, -0.25) is 4.79 Å². The smallest absolute Gasteiger partial charge is 0.253 e. The minimum Gasteiger partial charge on any atom is -0.508 e. The number of likely N-dealkylation sites (tertiary alicyclic amines) is 1. The Kier molecular flexibility index (Phi) is 3.31. The Morgan fingerprint density at radius 2 is 2.06 bits per heavy atom. The Labute approximate surface area is 99.9 Å². The highest BCUT2D eigenvalue weighted by molar-refractivity contribution is 5.94. The number of hydrogen-bond donors (Lipinski definition) is 1. The highest BCUT2D eigenvalue weighted by Crippen LogP contribution is 2.20. The molecule has 1 aliphatic heterocycles. The Morgan fingerprint density at radius 3 is 2.65 bits per heavy atom. The molecule has 0 bridgehead atoms. The molecule has 1 aliphatic rings. The lowest BCUT2D eigenvalue weighted by atomic mass is 10.1. The molecule has 1 amide bonds. The number of benzene rings is 1. The zero-order chi connectivity index (χ0) is 12.4. The third-order valence-corrected chi connectivity index (χ3v) is 3.16. The zero-order valence-corrected chi connectivity index (χ0v) is 9.82. The van der Waals surface area contributed by atoms with Crippen LogP contribution in [-0.2, 0) is 0 Å². The molecule has 1 aromatic carbocycles. The Morgan fingerprint density at radius 1 is 1.41 bits per heavy atom. The molecule has 0 radical (unpaired) electrons. The van der Waals surface area contributed by atoms with E-state index in [1.54, 1.807) is 24.0 Å². The van der Waals surface area contributed by atoms with Crippen LogP contribution in [0.2, 0.25) is 0 Å². The van der Waals surface area contributed by atoms with Crippen LogP contribution in [0.5, 0.6) is 5.75 Å². The van der Waals surface area contributed by atoms with E-state index in [4.69, 9.17) is 0 Å². The third-order valence-electron chi connectivity index (χ3n) is 3.16. The van der Waals surface area contributed by atoms with Crippen molar-refractivity contribution >= 4 is 5.91 Å². The SMILES string of the molecule is Cc1cc(C(=O)N2CCC(F)CC2)ccc1O. The summed E-state index contributed by atoms with van der Waals surface area (Å²) in [6, 6.07) is 4.79. The van der Waals surface area contributed by atoms with Crippen molar-refractivity contribution < 1.29 is 14.3 Å². The Bertz CT molecular complexity index is 425. The summed E-state index contributed by atoms with van der Waals surface area (Å²) in [6.07, 6.45) is 0.0617.